The molecule has 2 aromatic carbocycles. The summed E-state index contributed by atoms with van der Waals surface area (Å²) in [6, 6.07) is 14.1. The van der Waals surface area contributed by atoms with E-state index < -0.39 is 0 Å². The minimum atomic E-state index is 0.234. The number of nitrogens with one attached hydrogen (secondary N) is 1. The molecule has 0 radical (unpaired) electrons. The molecule has 2 rings (SSSR count). The van der Waals surface area contributed by atoms with Gasteiger partial charge >= 0.3 is 0 Å². The van der Waals surface area contributed by atoms with Crippen LogP contribution in [0.3, 0.4) is 0 Å². The fraction of sp³-hybridized carbons (Fsp3) is 0.294. The van der Waals surface area contributed by atoms with E-state index in [2.05, 4.69) is 31.3 Å². The predicted octanol–water partition coefficient (Wildman–Crippen LogP) is 6.13. The van der Waals surface area contributed by atoms with Crippen molar-refractivity contribution in [1.82, 2.24) is 5.32 Å². The Balaban J connectivity index is 2.19. The Bertz CT molecular complexity index is 596. The largest absolute Gasteiger partial charge is 0.306 e. The first-order valence-corrected chi connectivity index (χ1v) is 8.04. The summed E-state index contributed by atoms with van der Waals surface area (Å²) in [5, 5.41) is 5.21. The minimum absolute atomic E-state index is 0.234. The first-order valence-electron chi connectivity index (χ1n) is 6.91. The van der Waals surface area contributed by atoms with Gasteiger partial charge in [-0.2, -0.15) is 0 Å². The Labute approximate surface area is 141 Å². The minimum Gasteiger partial charge on any atom is -0.306 e. The maximum absolute atomic E-state index is 6.25. The molecule has 0 amide bonds. The molecule has 0 spiro atoms. The molecular formula is C17H18Cl3N. The highest BCUT2D eigenvalue weighted by molar-refractivity contribution is 6.44. The summed E-state index contributed by atoms with van der Waals surface area (Å²) in [4.78, 5) is 0. The lowest BCUT2D eigenvalue weighted by atomic mass is 9.96. The van der Waals surface area contributed by atoms with E-state index in [4.69, 9.17) is 34.8 Å². The van der Waals surface area contributed by atoms with Crippen molar-refractivity contribution in [3.05, 3.63) is 68.7 Å². The van der Waals surface area contributed by atoms with Gasteiger partial charge in [0.05, 0.1) is 10.0 Å². The zero-order valence-corrected chi connectivity index (χ0v) is 14.3. The van der Waals surface area contributed by atoms with Gasteiger partial charge in [0, 0.05) is 23.2 Å². The average Bonchev–Trinajstić information content (AvgIpc) is 2.47. The van der Waals surface area contributed by atoms with Gasteiger partial charge in [-0.25, -0.2) is 0 Å². The Kier molecular flexibility index (Phi) is 5.95. The summed E-state index contributed by atoms with van der Waals surface area (Å²) < 4.78 is 0. The lowest BCUT2D eigenvalue weighted by Crippen LogP contribution is -2.25. The molecule has 21 heavy (non-hydrogen) atoms. The van der Waals surface area contributed by atoms with E-state index >= 15 is 0 Å². The molecule has 0 heterocycles. The average molecular weight is 343 g/mol. The van der Waals surface area contributed by atoms with Gasteiger partial charge in [-0.3, -0.25) is 0 Å². The molecule has 0 fully saturated rings. The number of hydrogen-bond acceptors (Lipinski definition) is 1. The monoisotopic (exact) mass is 341 g/mol. The summed E-state index contributed by atoms with van der Waals surface area (Å²) in [7, 11) is 0. The van der Waals surface area contributed by atoms with Crippen molar-refractivity contribution in [3.8, 4) is 0 Å². The zero-order chi connectivity index (χ0) is 15.4. The summed E-state index contributed by atoms with van der Waals surface area (Å²) in [6.45, 7) is 4.95. The zero-order valence-electron chi connectivity index (χ0n) is 12.0. The van der Waals surface area contributed by atoms with Crippen LogP contribution in [-0.2, 0) is 6.54 Å². The maximum Gasteiger partial charge on any atom is 0.0652 e. The van der Waals surface area contributed by atoms with Crippen molar-refractivity contribution in [1.29, 1.82) is 0 Å². The molecule has 0 aliphatic rings. The second-order valence-corrected chi connectivity index (χ2v) is 6.53. The van der Waals surface area contributed by atoms with Crippen LogP contribution in [0.4, 0.5) is 0 Å². The number of halogens is 3. The van der Waals surface area contributed by atoms with Gasteiger partial charge in [0.15, 0.2) is 0 Å². The molecule has 4 heteroatoms. The number of hydrogen-bond donors (Lipinski definition) is 1. The highest BCUT2D eigenvalue weighted by Crippen LogP contribution is 2.32. The molecule has 0 aromatic heterocycles. The van der Waals surface area contributed by atoms with E-state index in [0.717, 1.165) is 5.56 Å². The highest BCUT2D eigenvalue weighted by Gasteiger charge is 2.17. The Morgan fingerprint density at radius 3 is 2.14 bits per heavy atom. The Morgan fingerprint density at radius 1 is 0.905 bits per heavy atom. The van der Waals surface area contributed by atoms with Gasteiger partial charge in [-0.05, 0) is 23.6 Å². The summed E-state index contributed by atoms with van der Waals surface area (Å²) >= 11 is 18.5. The maximum atomic E-state index is 6.25. The first kappa shape index (κ1) is 16.6. The molecule has 0 aliphatic carbocycles. The molecule has 1 atom stereocenters. The Morgan fingerprint density at radius 2 is 1.52 bits per heavy atom. The van der Waals surface area contributed by atoms with E-state index in [1.54, 1.807) is 12.1 Å². The molecular weight excluding hydrogens is 325 g/mol. The van der Waals surface area contributed by atoms with Crippen molar-refractivity contribution >= 4 is 34.8 Å². The normalized spacial score (nSPS) is 12.7. The van der Waals surface area contributed by atoms with Crippen molar-refractivity contribution in [2.45, 2.75) is 26.4 Å². The molecule has 0 aliphatic heterocycles. The lowest BCUT2D eigenvalue weighted by Gasteiger charge is -2.23. The van der Waals surface area contributed by atoms with Crippen LogP contribution in [0.25, 0.3) is 0 Å². The third-order valence-electron chi connectivity index (χ3n) is 3.46. The van der Waals surface area contributed by atoms with Crippen LogP contribution >= 0.6 is 34.8 Å². The summed E-state index contributed by atoms with van der Waals surface area (Å²) in [5.74, 6) is 0.448. The van der Waals surface area contributed by atoms with Crippen LogP contribution in [0.1, 0.15) is 31.0 Å². The molecule has 0 saturated carbocycles. The molecule has 0 saturated heterocycles. The third kappa shape index (κ3) is 4.14. The van der Waals surface area contributed by atoms with E-state index in [0.29, 0.717) is 27.5 Å². The third-order valence-corrected chi connectivity index (χ3v) is 4.66. The molecule has 2 aromatic rings. The van der Waals surface area contributed by atoms with Crippen LogP contribution in [0.5, 0.6) is 0 Å². The fourth-order valence-electron chi connectivity index (χ4n) is 2.34. The van der Waals surface area contributed by atoms with Gasteiger partial charge in [0.2, 0.25) is 0 Å². The summed E-state index contributed by atoms with van der Waals surface area (Å²) in [5.41, 5.74) is 2.09. The van der Waals surface area contributed by atoms with Crippen LogP contribution < -0.4 is 5.32 Å². The first-order chi connectivity index (χ1) is 10.0. The van der Waals surface area contributed by atoms with Gasteiger partial charge in [-0.15, -0.1) is 0 Å². The number of benzene rings is 2. The topological polar surface area (TPSA) is 12.0 Å². The fourth-order valence-corrected chi connectivity index (χ4v) is 3.02. The van der Waals surface area contributed by atoms with Crippen LogP contribution in [-0.4, -0.2) is 0 Å². The molecule has 1 N–H and O–H groups in total. The van der Waals surface area contributed by atoms with Gasteiger partial charge < -0.3 is 5.32 Å². The van der Waals surface area contributed by atoms with Crippen LogP contribution in [0.2, 0.25) is 15.1 Å². The lowest BCUT2D eigenvalue weighted by molar-refractivity contribution is 0.411. The molecule has 112 valence electrons. The second kappa shape index (κ2) is 7.51. The molecule has 1 nitrogen and oxygen atoms in total. The second-order valence-electron chi connectivity index (χ2n) is 5.34. The van der Waals surface area contributed by atoms with Gasteiger partial charge in [0.25, 0.3) is 0 Å². The van der Waals surface area contributed by atoms with Crippen molar-refractivity contribution in [2.24, 2.45) is 5.92 Å². The molecule has 1 unspecified atom stereocenters. The van der Waals surface area contributed by atoms with E-state index in [9.17, 15) is 0 Å². The number of rotatable bonds is 5. The SMILES string of the molecule is CC(C)C(NCc1c(Cl)ccc(Cl)c1Cl)c1ccccc1. The van der Waals surface area contributed by atoms with E-state index in [1.807, 2.05) is 18.2 Å². The quantitative estimate of drug-likeness (QED) is 0.644. The van der Waals surface area contributed by atoms with Gasteiger partial charge in [-0.1, -0.05) is 79.0 Å². The summed E-state index contributed by atoms with van der Waals surface area (Å²) in [6.07, 6.45) is 0. The van der Waals surface area contributed by atoms with E-state index in [1.165, 1.54) is 5.56 Å². The van der Waals surface area contributed by atoms with E-state index in [-0.39, 0.29) is 6.04 Å². The van der Waals surface area contributed by atoms with Crippen molar-refractivity contribution in [2.75, 3.05) is 0 Å². The standard InChI is InChI=1S/C17H18Cl3N/c1-11(2)17(12-6-4-3-5-7-12)21-10-13-14(18)8-9-15(19)16(13)20/h3-9,11,17,21H,10H2,1-2H3. The van der Waals surface area contributed by atoms with Crippen molar-refractivity contribution < 1.29 is 0 Å². The smallest absolute Gasteiger partial charge is 0.0652 e. The van der Waals surface area contributed by atoms with Crippen molar-refractivity contribution in [3.63, 3.8) is 0 Å². The van der Waals surface area contributed by atoms with Crippen LogP contribution in [0.15, 0.2) is 42.5 Å². The molecule has 0 bridgehead atoms. The Hall–Kier alpha value is -0.730. The van der Waals surface area contributed by atoms with Gasteiger partial charge in [0.1, 0.15) is 0 Å². The van der Waals surface area contributed by atoms with Crippen LogP contribution in [0, 0.1) is 5.92 Å². The predicted molar refractivity (Wildman–Crippen MR) is 92.3 cm³/mol. The highest BCUT2D eigenvalue weighted by atomic mass is 35.5.